The Morgan fingerprint density at radius 2 is 2.12 bits per heavy atom. The van der Waals surface area contributed by atoms with Crippen molar-refractivity contribution in [3.05, 3.63) is 42.0 Å². The summed E-state index contributed by atoms with van der Waals surface area (Å²) in [5, 5.41) is 6.70. The Hall–Kier alpha value is -2.61. The van der Waals surface area contributed by atoms with Crippen LogP contribution in [-0.2, 0) is 6.54 Å². The highest BCUT2D eigenvalue weighted by Crippen LogP contribution is 2.26. The van der Waals surface area contributed by atoms with Gasteiger partial charge >= 0.3 is 6.03 Å². The summed E-state index contributed by atoms with van der Waals surface area (Å²) in [6.45, 7) is 5.63. The second-order valence-electron chi connectivity index (χ2n) is 5.76. The van der Waals surface area contributed by atoms with Gasteiger partial charge in [0.05, 0.1) is 18.0 Å². The first-order chi connectivity index (χ1) is 12.2. The number of rotatable bonds is 5. The van der Waals surface area contributed by atoms with E-state index >= 15 is 0 Å². The van der Waals surface area contributed by atoms with E-state index in [9.17, 15) is 9.18 Å². The molecule has 0 atom stereocenters. The molecule has 1 aliphatic heterocycles. The van der Waals surface area contributed by atoms with Crippen molar-refractivity contribution >= 4 is 11.7 Å². The second kappa shape index (κ2) is 7.98. The summed E-state index contributed by atoms with van der Waals surface area (Å²) in [6, 6.07) is 5.71. The van der Waals surface area contributed by atoms with E-state index in [-0.39, 0.29) is 6.03 Å². The number of amides is 2. The first-order valence-corrected chi connectivity index (χ1v) is 8.25. The predicted molar refractivity (Wildman–Crippen MR) is 89.9 cm³/mol. The number of halogens is 1. The van der Waals surface area contributed by atoms with Crippen LogP contribution in [0.2, 0.25) is 0 Å². The molecular weight excluding hydrogens is 327 g/mol. The number of hydrogen-bond donors (Lipinski definition) is 1. The van der Waals surface area contributed by atoms with Crippen LogP contribution in [0.4, 0.5) is 14.9 Å². The molecule has 2 amide bonds. The third-order valence-electron chi connectivity index (χ3n) is 4.02. The van der Waals surface area contributed by atoms with Crippen molar-refractivity contribution in [2.24, 2.45) is 0 Å². The van der Waals surface area contributed by atoms with Gasteiger partial charge in [-0.05, 0) is 19.1 Å². The standard InChI is InChI=1S/C17H21FN4O3/c1-2-24-16-11-13(18)3-4-15(16)19-17(23)22-8-6-21(7-9-22)12-14-5-10-25-20-14/h3-5,10-11H,2,6-9,12H2,1H3,(H,19,23). The lowest BCUT2D eigenvalue weighted by molar-refractivity contribution is 0.141. The van der Waals surface area contributed by atoms with Gasteiger partial charge in [-0.15, -0.1) is 0 Å². The Bertz CT molecular complexity index is 700. The van der Waals surface area contributed by atoms with E-state index in [0.717, 1.165) is 18.8 Å². The third kappa shape index (κ3) is 4.48. The van der Waals surface area contributed by atoms with Gasteiger partial charge in [0, 0.05) is 44.9 Å². The summed E-state index contributed by atoms with van der Waals surface area (Å²) in [4.78, 5) is 16.4. The lowest BCUT2D eigenvalue weighted by Crippen LogP contribution is -2.49. The van der Waals surface area contributed by atoms with E-state index in [4.69, 9.17) is 9.26 Å². The van der Waals surface area contributed by atoms with E-state index in [1.165, 1.54) is 18.2 Å². The number of carbonyl (C=O) groups excluding carboxylic acids is 1. The average Bonchev–Trinajstić information content (AvgIpc) is 3.11. The number of aromatic nitrogens is 1. The number of carbonyl (C=O) groups is 1. The van der Waals surface area contributed by atoms with E-state index in [1.807, 2.05) is 13.0 Å². The Kier molecular flexibility index (Phi) is 5.49. The maximum absolute atomic E-state index is 13.3. The van der Waals surface area contributed by atoms with Crippen molar-refractivity contribution in [1.29, 1.82) is 0 Å². The molecule has 1 saturated heterocycles. The number of nitrogens with one attached hydrogen (secondary N) is 1. The van der Waals surface area contributed by atoms with E-state index in [0.29, 0.717) is 37.7 Å². The van der Waals surface area contributed by atoms with Gasteiger partial charge in [0.25, 0.3) is 0 Å². The molecule has 0 radical (unpaired) electrons. The first-order valence-electron chi connectivity index (χ1n) is 8.25. The topological polar surface area (TPSA) is 70.8 Å². The Balaban J connectivity index is 1.54. The molecule has 3 rings (SSSR count). The maximum Gasteiger partial charge on any atom is 0.322 e. The predicted octanol–water partition coefficient (Wildman–Crippen LogP) is 2.56. The number of anilines is 1. The van der Waals surface area contributed by atoms with Crippen molar-refractivity contribution in [3.8, 4) is 5.75 Å². The molecule has 2 aromatic rings. The molecule has 7 nitrogen and oxygen atoms in total. The summed E-state index contributed by atoms with van der Waals surface area (Å²) in [5.74, 6) is -0.0663. The van der Waals surface area contributed by atoms with Crippen LogP contribution >= 0.6 is 0 Å². The van der Waals surface area contributed by atoms with E-state index in [1.54, 1.807) is 11.2 Å². The second-order valence-corrected chi connectivity index (χ2v) is 5.76. The zero-order valence-electron chi connectivity index (χ0n) is 14.1. The fourth-order valence-corrected chi connectivity index (χ4v) is 2.73. The summed E-state index contributed by atoms with van der Waals surface area (Å²) >= 11 is 0. The van der Waals surface area contributed by atoms with Crippen LogP contribution < -0.4 is 10.1 Å². The molecule has 1 aromatic heterocycles. The van der Waals surface area contributed by atoms with E-state index < -0.39 is 5.82 Å². The van der Waals surface area contributed by atoms with Gasteiger partial charge in [-0.1, -0.05) is 5.16 Å². The SMILES string of the molecule is CCOc1cc(F)ccc1NC(=O)N1CCN(Cc2ccon2)CC1. The maximum atomic E-state index is 13.3. The zero-order chi connectivity index (χ0) is 17.6. The normalized spacial score (nSPS) is 15.2. The summed E-state index contributed by atoms with van der Waals surface area (Å²) < 4.78 is 23.6. The number of nitrogens with zero attached hydrogens (tertiary/aromatic N) is 3. The number of urea groups is 1. The third-order valence-corrected chi connectivity index (χ3v) is 4.02. The molecule has 1 aromatic carbocycles. The van der Waals surface area contributed by atoms with Crippen LogP contribution in [0.5, 0.6) is 5.75 Å². The number of ether oxygens (including phenoxy) is 1. The fourth-order valence-electron chi connectivity index (χ4n) is 2.73. The molecule has 8 heteroatoms. The van der Waals surface area contributed by atoms with Gasteiger partial charge in [0.1, 0.15) is 17.8 Å². The minimum atomic E-state index is -0.400. The molecule has 1 N–H and O–H groups in total. The fraction of sp³-hybridized carbons (Fsp3) is 0.412. The van der Waals surface area contributed by atoms with Gasteiger partial charge in [0.15, 0.2) is 0 Å². The van der Waals surface area contributed by atoms with Crippen molar-refractivity contribution in [2.45, 2.75) is 13.5 Å². The number of hydrogen-bond acceptors (Lipinski definition) is 5. The molecule has 0 aliphatic carbocycles. The van der Waals surface area contributed by atoms with Gasteiger partial charge in [-0.2, -0.15) is 0 Å². The van der Waals surface area contributed by atoms with Crippen molar-refractivity contribution in [1.82, 2.24) is 15.0 Å². The molecule has 0 bridgehead atoms. The molecule has 0 spiro atoms. The van der Waals surface area contributed by atoms with Crippen molar-refractivity contribution < 1.29 is 18.4 Å². The minimum Gasteiger partial charge on any atom is -0.492 e. The molecule has 25 heavy (non-hydrogen) atoms. The average molecular weight is 348 g/mol. The Morgan fingerprint density at radius 1 is 1.32 bits per heavy atom. The van der Waals surface area contributed by atoms with Gasteiger partial charge in [0.2, 0.25) is 0 Å². The summed E-state index contributed by atoms with van der Waals surface area (Å²) in [6.07, 6.45) is 1.55. The number of benzene rings is 1. The van der Waals surface area contributed by atoms with Crippen LogP contribution in [0.15, 0.2) is 35.1 Å². The van der Waals surface area contributed by atoms with Crippen LogP contribution in [-0.4, -0.2) is 53.8 Å². The zero-order valence-corrected chi connectivity index (χ0v) is 14.1. The van der Waals surface area contributed by atoms with Crippen LogP contribution in [0, 0.1) is 5.82 Å². The smallest absolute Gasteiger partial charge is 0.322 e. The van der Waals surface area contributed by atoms with Gasteiger partial charge in [-0.25, -0.2) is 9.18 Å². The van der Waals surface area contributed by atoms with Crippen LogP contribution in [0.1, 0.15) is 12.6 Å². The van der Waals surface area contributed by atoms with Gasteiger partial charge in [-0.3, -0.25) is 4.90 Å². The van der Waals surface area contributed by atoms with Crippen LogP contribution in [0.3, 0.4) is 0 Å². The number of piperazine rings is 1. The highest BCUT2D eigenvalue weighted by atomic mass is 19.1. The highest BCUT2D eigenvalue weighted by Gasteiger charge is 2.22. The summed E-state index contributed by atoms with van der Waals surface area (Å²) in [5.41, 5.74) is 1.35. The lowest BCUT2D eigenvalue weighted by atomic mass is 10.2. The molecule has 1 aliphatic rings. The lowest BCUT2D eigenvalue weighted by Gasteiger charge is -2.34. The molecule has 0 saturated carbocycles. The van der Waals surface area contributed by atoms with Crippen molar-refractivity contribution in [3.63, 3.8) is 0 Å². The highest BCUT2D eigenvalue weighted by molar-refractivity contribution is 5.91. The van der Waals surface area contributed by atoms with Crippen molar-refractivity contribution in [2.75, 3.05) is 38.1 Å². The summed E-state index contributed by atoms with van der Waals surface area (Å²) in [7, 11) is 0. The molecule has 134 valence electrons. The minimum absolute atomic E-state index is 0.214. The Labute approximate surface area is 145 Å². The van der Waals surface area contributed by atoms with E-state index in [2.05, 4.69) is 15.4 Å². The monoisotopic (exact) mass is 348 g/mol. The van der Waals surface area contributed by atoms with Crippen LogP contribution in [0.25, 0.3) is 0 Å². The first kappa shape index (κ1) is 17.2. The molecule has 0 unspecified atom stereocenters. The molecular formula is C17H21FN4O3. The van der Waals surface area contributed by atoms with Gasteiger partial charge < -0.3 is 19.5 Å². The Morgan fingerprint density at radius 3 is 2.80 bits per heavy atom. The molecule has 1 fully saturated rings. The quantitative estimate of drug-likeness (QED) is 0.899. The largest absolute Gasteiger partial charge is 0.492 e. The molecule has 2 heterocycles.